The minimum Gasteiger partial charge on any atom is -0.463 e. The third kappa shape index (κ3) is 6.80. The topological polar surface area (TPSA) is 108 Å². The molecule has 5 rings (SSSR count). The maximum atomic E-state index is 14.1. The van der Waals surface area contributed by atoms with E-state index in [1.165, 1.54) is 59.1 Å². The van der Waals surface area contributed by atoms with Crippen LogP contribution in [0.3, 0.4) is 0 Å². The highest BCUT2D eigenvalue weighted by atomic mass is 16.5. The van der Waals surface area contributed by atoms with Crippen LogP contribution < -0.4 is 5.32 Å². The summed E-state index contributed by atoms with van der Waals surface area (Å²) in [6.07, 6.45) is 13.8. The zero-order chi connectivity index (χ0) is 27.7. The van der Waals surface area contributed by atoms with Crippen molar-refractivity contribution in [3.63, 3.8) is 0 Å². The minimum absolute atomic E-state index is 0.000410. The van der Waals surface area contributed by atoms with Crippen LogP contribution >= 0.6 is 0 Å². The van der Waals surface area contributed by atoms with Crippen LogP contribution in [0.15, 0.2) is 48.9 Å². The first-order chi connectivity index (χ1) is 19.6. The van der Waals surface area contributed by atoms with Crippen LogP contribution in [0.25, 0.3) is 0 Å². The summed E-state index contributed by atoms with van der Waals surface area (Å²) in [6, 6.07) is 14.1. The van der Waals surface area contributed by atoms with Crippen molar-refractivity contribution < 1.29 is 14.3 Å². The number of hydrogen-bond donors (Lipinski definition) is 2. The van der Waals surface area contributed by atoms with E-state index in [0.29, 0.717) is 12.8 Å². The Morgan fingerprint density at radius 2 is 1.55 bits per heavy atom. The van der Waals surface area contributed by atoms with Crippen LogP contribution in [0.1, 0.15) is 71.2 Å². The molecular weight excluding hydrogens is 500 g/mol. The Balaban J connectivity index is 1.42. The Hall–Kier alpha value is -3.92. The van der Waals surface area contributed by atoms with Crippen LogP contribution in [-0.2, 0) is 59.3 Å². The van der Waals surface area contributed by atoms with Crippen LogP contribution in [0.4, 0.5) is 0 Å². The number of carbonyl (C=O) groups is 2. The summed E-state index contributed by atoms with van der Waals surface area (Å²) in [6.45, 7) is 0.000410. The number of imidazole rings is 1. The fourth-order valence-electron chi connectivity index (χ4n) is 6.29. The lowest BCUT2D eigenvalue weighted by Gasteiger charge is -2.26. The van der Waals surface area contributed by atoms with E-state index in [4.69, 9.17) is 10.00 Å². The summed E-state index contributed by atoms with van der Waals surface area (Å²) in [7, 11) is 0. The van der Waals surface area contributed by atoms with Crippen molar-refractivity contribution in [2.75, 3.05) is 6.61 Å². The van der Waals surface area contributed by atoms with Crippen molar-refractivity contribution in [2.45, 2.75) is 83.1 Å². The molecule has 3 aromatic rings. The summed E-state index contributed by atoms with van der Waals surface area (Å²) < 4.78 is 5.35. The first-order valence-electron chi connectivity index (χ1n) is 14.6. The van der Waals surface area contributed by atoms with Crippen LogP contribution in [0.5, 0.6) is 0 Å². The predicted molar refractivity (Wildman–Crippen MR) is 152 cm³/mol. The van der Waals surface area contributed by atoms with Gasteiger partial charge in [-0.05, 0) is 97.6 Å². The van der Waals surface area contributed by atoms with E-state index in [1.54, 1.807) is 12.5 Å². The molecule has 2 aliphatic carbocycles. The van der Waals surface area contributed by atoms with E-state index in [1.807, 2.05) is 6.07 Å². The zero-order valence-electron chi connectivity index (χ0n) is 23.1. The van der Waals surface area contributed by atoms with E-state index < -0.39 is 12.0 Å². The van der Waals surface area contributed by atoms with Gasteiger partial charge in [0.25, 0.3) is 0 Å². The molecule has 2 N–H and O–H groups in total. The van der Waals surface area contributed by atoms with E-state index in [0.717, 1.165) is 31.4 Å². The number of hydrogen-bond acceptors (Lipinski definition) is 5. The number of nitrogens with one attached hydrogen (secondary N) is 2. The number of nitrogens with zero attached hydrogens (tertiary/aromatic N) is 2. The third-order valence-electron chi connectivity index (χ3n) is 8.33. The van der Waals surface area contributed by atoms with Crippen molar-refractivity contribution in [1.82, 2.24) is 15.3 Å². The molecule has 7 heteroatoms. The summed E-state index contributed by atoms with van der Waals surface area (Å²) in [4.78, 5) is 34.2. The number of benzene rings is 2. The van der Waals surface area contributed by atoms with Crippen molar-refractivity contribution in [3.8, 4) is 6.07 Å². The van der Waals surface area contributed by atoms with Crippen molar-refractivity contribution >= 4 is 11.9 Å². The number of nitriles is 1. The molecule has 1 atom stereocenters. The lowest BCUT2D eigenvalue weighted by atomic mass is 9.81. The molecule has 2 aromatic carbocycles. The fourth-order valence-corrected chi connectivity index (χ4v) is 6.29. The summed E-state index contributed by atoms with van der Waals surface area (Å²) in [5.41, 5.74) is 8.80. The van der Waals surface area contributed by atoms with Gasteiger partial charge in [0.05, 0.1) is 18.8 Å². The Morgan fingerprint density at radius 1 is 0.925 bits per heavy atom. The standard InChI is InChI=1S/C33H38N4O3/c34-16-7-17-40-33(39)31(20-28-21-35-22-36-28)37-32(38)27(18-25-12-5-10-23-8-1-3-14-29(23)25)19-26-13-6-11-24-9-2-4-15-30(24)26/h5-6,10-13,21-22,27,31H,1-4,7-9,14-15,17-20H2,(H,35,36)(H,37,38)/t31-/m0/s1. The number of carbonyl (C=O) groups excluding carboxylic acids is 2. The van der Waals surface area contributed by atoms with E-state index in [9.17, 15) is 9.59 Å². The number of esters is 1. The molecular formula is C33H38N4O3. The Kier molecular flexibility index (Phi) is 9.28. The Labute approximate surface area is 236 Å². The lowest BCUT2D eigenvalue weighted by Crippen LogP contribution is -2.46. The molecule has 2 aliphatic rings. The molecule has 0 spiro atoms. The molecule has 0 fully saturated rings. The SMILES string of the molecule is N#CCCOC(=O)[C@H](Cc1cnc[nH]1)NC(=O)C(Cc1cccc2c1CCCC2)Cc1cccc2c1CCCC2. The molecule has 0 bridgehead atoms. The molecule has 1 amide bonds. The molecule has 0 saturated heterocycles. The van der Waals surface area contributed by atoms with Crippen molar-refractivity contribution in [1.29, 1.82) is 5.26 Å². The molecule has 0 unspecified atom stereocenters. The smallest absolute Gasteiger partial charge is 0.329 e. The molecule has 7 nitrogen and oxygen atoms in total. The monoisotopic (exact) mass is 538 g/mol. The normalized spacial score (nSPS) is 15.0. The number of ether oxygens (including phenoxy) is 1. The molecule has 208 valence electrons. The van der Waals surface area contributed by atoms with Crippen molar-refractivity contribution in [3.05, 3.63) is 88.0 Å². The van der Waals surface area contributed by atoms with Gasteiger partial charge in [0, 0.05) is 24.2 Å². The number of aromatic nitrogens is 2. The lowest BCUT2D eigenvalue weighted by molar-refractivity contribution is -0.148. The van der Waals surface area contributed by atoms with Gasteiger partial charge in [-0.1, -0.05) is 36.4 Å². The second kappa shape index (κ2) is 13.4. The summed E-state index contributed by atoms with van der Waals surface area (Å²) in [5.74, 6) is -1.02. The third-order valence-corrected chi connectivity index (χ3v) is 8.33. The molecule has 1 heterocycles. The number of rotatable bonds is 11. The first-order valence-corrected chi connectivity index (χ1v) is 14.6. The highest BCUT2D eigenvalue weighted by Crippen LogP contribution is 2.30. The maximum Gasteiger partial charge on any atom is 0.329 e. The van der Waals surface area contributed by atoms with Gasteiger partial charge in [-0.15, -0.1) is 0 Å². The quantitative estimate of drug-likeness (QED) is 0.271. The first kappa shape index (κ1) is 27.6. The predicted octanol–water partition coefficient (Wildman–Crippen LogP) is 4.75. The van der Waals surface area contributed by atoms with Crippen LogP contribution in [-0.4, -0.2) is 34.5 Å². The van der Waals surface area contributed by atoms with Gasteiger partial charge in [0.2, 0.25) is 5.91 Å². The minimum atomic E-state index is -0.872. The van der Waals surface area contributed by atoms with Gasteiger partial charge in [-0.25, -0.2) is 9.78 Å². The second-order valence-corrected chi connectivity index (χ2v) is 11.0. The molecule has 0 radical (unpaired) electrons. The van der Waals surface area contributed by atoms with Gasteiger partial charge in [-0.2, -0.15) is 5.26 Å². The molecule has 0 saturated carbocycles. The molecule has 0 aliphatic heterocycles. The maximum absolute atomic E-state index is 14.1. The van der Waals surface area contributed by atoms with Gasteiger partial charge >= 0.3 is 5.97 Å². The van der Waals surface area contributed by atoms with Gasteiger partial charge in [-0.3, -0.25) is 4.79 Å². The number of aryl methyl sites for hydroxylation is 2. The van der Waals surface area contributed by atoms with Gasteiger partial charge in [0.15, 0.2) is 0 Å². The number of H-pyrrole nitrogens is 1. The highest BCUT2D eigenvalue weighted by molar-refractivity contribution is 5.86. The summed E-state index contributed by atoms with van der Waals surface area (Å²) >= 11 is 0. The van der Waals surface area contributed by atoms with Crippen LogP contribution in [0, 0.1) is 17.2 Å². The molecule has 1 aromatic heterocycles. The average Bonchev–Trinajstić information content (AvgIpc) is 3.50. The zero-order valence-corrected chi connectivity index (χ0v) is 23.1. The number of aromatic amines is 1. The second-order valence-electron chi connectivity index (χ2n) is 11.0. The highest BCUT2D eigenvalue weighted by Gasteiger charge is 2.29. The van der Waals surface area contributed by atoms with E-state index in [2.05, 4.69) is 51.7 Å². The largest absolute Gasteiger partial charge is 0.463 e. The average molecular weight is 539 g/mol. The Bertz CT molecular complexity index is 1300. The number of amides is 1. The molecule has 40 heavy (non-hydrogen) atoms. The van der Waals surface area contributed by atoms with Crippen molar-refractivity contribution in [2.24, 2.45) is 5.92 Å². The van der Waals surface area contributed by atoms with Crippen LogP contribution in [0.2, 0.25) is 0 Å². The summed E-state index contributed by atoms with van der Waals surface area (Å²) in [5, 5.41) is 11.9. The number of fused-ring (bicyclic) bond motifs is 2. The fraction of sp³-hybridized carbons (Fsp3) is 0.455. The van der Waals surface area contributed by atoms with Gasteiger partial charge < -0.3 is 15.0 Å². The van der Waals surface area contributed by atoms with Gasteiger partial charge in [0.1, 0.15) is 12.6 Å². The van der Waals surface area contributed by atoms with E-state index in [-0.39, 0.29) is 31.3 Å². The Morgan fingerprint density at radius 3 is 2.12 bits per heavy atom. The van der Waals surface area contributed by atoms with E-state index >= 15 is 0 Å².